The van der Waals surface area contributed by atoms with Gasteiger partial charge in [0.25, 0.3) is 5.97 Å². The Kier molecular flexibility index (Phi) is 5.95. The van der Waals surface area contributed by atoms with E-state index in [2.05, 4.69) is 12.6 Å². The second-order valence-electron chi connectivity index (χ2n) is 1.91. The highest BCUT2D eigenvalue weighted by atomic mass is 32.1. The molecule has 0 atom stereocenters. The van der Waals surface area contributed by atoms with Crippen LogP contribution in [0.25, 0.3) is 0 Å². The Balaban J connectivity index is 3.96. The van der Waals surface area contributed by atoms with Crippen LogP contribution in [0.15, 0.2) is 0 Å². The van der Waals surface area contributed by atoms with Gasteiger partial charge in [-0.05, 0) is 13.8 Å². The quantitative estimate of drug-likeness (QED) is 0.493. The summed E-state index contributed by atoms with van der Waals surface area (Å²) in [6.07, 6.45) is 0. The normalized spacial score (nSPS) is 12.0. The zero-order chi connectivity index (χ0) is 8.74. The van der Waals surface area contributed by atoms with E-state index in [-0.39, 0.29) is 0 Å². The highest BCUT2D eigenvalue weighted by Crippen LogP contribution is 2.15. The van der Waals surface area contributed by atoms with Crippen molar-refractivity contribution >= 4 is 12.6 Å². The zero-order valence-electron chi connectivity index (χ0n) is 7.29. The summed E-state index contributed by atoms with van der Waals surface area (Å²) in [4.78, 5) is 0. The van der Waals surface area contributed by atoms with E-state index < -0.39 is 5.97 Å². The van der Waals surface area contributed by atoms with Crippen molar-refractivity contribution in [3.63, 3.8) is 0 Å². The molecular formula is C7H16O3S. The van der Waals surface area contributed by atoms with Gasteiger partial charge in [0.1, 0.15) is 0 Å². The van der Waals surface area contributed by atoms with Crippen LogP contribution in [0.3, 0.4) is 0 Å². The molecule has 0 aromatic heterocycles. The topological polar surface area (TPSA) is 27.7 Å². The van der Waals surface area contributed by atoms with E-state index in [0.29, 0.717) is 19.0 Å². The molecule has 0 unspecified atom stereocenters. The summed E-state index contributed by atoms with van der Waals surface area (Å²) in [6.45, 7) is 4.87. The van der Waals surface area contributed by atoms with Crippen molar-refractivity contribution in [3.8, 4) is 0 Å². The molecular weight excluding hydrogens is 164 g/mol. The van der Waals surface area contributed by atoms with Gasteiger partial charge < -0.3 is 14.2 Å². The lowest BCUT2D eigenvalue weighted by atomic mass is 10.6. The standard InChI is InChI=1S/C7H16O3S/c1-4-9-7(6-11,8-3)10-5-2/h11H,4-6H2,1-3H3. The average Bonchev–Trinajstić information content (AvgIpc) is 2.04. The Labute approximate surface area is 73.4 Å². The van der Waals surface area contributed by atoms with Gasteiger partial charge in [0.15, 0.2) is 0 Å². The summed E-state index contributed by atoms with van der Waals surface area (Å²) in [5.74, 6) is -0.558. The smallest absolute Gasteiger partial charge is 0.291 e. The van der Waals surface area contributed by atoms with E-state index in [1.54, 1.807) is 7.11 Å². The van der Waals surface area contributed by atoms with E-state index >= 15 is 0 Å². The lowest BCUT2D eigenvalue weighted by Gasteiger charge is -2.29. The summed E-state index contributed by atoms with van der Waals surface area (Å²) < 4.78 is 15.5. The lowest BCUT2D eigenvalue weighted by Crippen LogP contribution is -2.40. The maximum atomic E-state index is 5.25. The number of hydrogen-bond acceptors (Lipinski definition) is 4. The molecule has 0 rings (SSSR count). The number of methoxy groups -OCH3 is 1. The van der Waals surface area contributed by atoms with Gasteiger partial charge >= 0.3 is 0 Å². The number of hydrogen-bond donors (Lipinski definition) is 1. The zero-order valence-corrected chi connectivity index (χ0v) is 8.19. The summed E-state index contributed by atoms with van der Waals surface area (Å²) >= 11 is 4.07. The summed E-state index contributed by atoms with van der Waals surface area (Å²) in [7, 11) is 1.54. The molecule has 0 heterocycles. The molecule has 0 fully saturated rings. The van der Waals surface area contributed by atoms with Crippen molar-refractivity contribution in [1.82, 2.24) is 0 Å². The van der Waals surface area contributed by atoms with Crippen LogP contribution in [-0.2, 0) is 14.2 Å². The highest BCUT2D eigenvalue weighted by Gasteiger charge is 2.29. The number of ether oxygens (including phenoxy) is 3. The molecule has 4 heteroatoms. The lowest BCUT2D eigenvalue weighted by molar-refractivity contribution is -0.353. The van der Waals surface area contributed by atoms with Gasteiger partial charge in [-0.15, -0.1) is 0 Å². The van der Waals surface area contributed by atoms with Crippen LogP contribution in [0.2, 0.25) is 0 Å². The van der Waals surface area contributed by atoms with Gasteiger partial charge in [0, 0.05) is 20.3 Å². The Morgan fingerprint density at radius 1 is 1.18 bits per heavy atom. The minimum Gasteiger partial charge on any atom is -0.330 e. The molecule has 0 spiro atoms. The number of rotatable bonds is 6. The van der Waals surface area contributed by atoms with Gasteiger partial charge in [-0.2, -0.15) is 12.6 Å². The first kappa shape index (κ1) is 11.2. The first-order valence-electron chi connectivity index (χ1n) is 3.68. The van der Waals surface area contributed by atoms with Crippen LogP contribution in [0.5, 0.6) is 0 Å². The highest BCUT2D eigenvalue weighted by molar-refractivity contribution is 7.80. The monoisotopic (exact) mass is 180 g/mol. The van der Waals surface area contributed by atoms with Crippen LogP contribution < -0.4 is 0 Å². The molecule has 0 saturated carbocycles. The van der Waals surface area contributed by atoms with Gasteiger partial charge in [-0.3, -0.25) is 0 Å². The molecule has 3 nitrogen and oxygen atoms in total. The maximum Gasteiger partial charge on any atom is 0.291 e. The van der Waals surface area contributed by atoms with Crippen molar-refractivity contribution in [3.05, 3.63) is 0 Å². The van der Waals surface area contributed by atoms with Crippen LogP contribution in [0.4, 0.5) is 0 Å². The third-order valence-corrected chi connectivity index (χ3v) is 1.62. The van der Waals surface area contributed by atoms with Crippen molar-refractivity contribution in [1.29, 1.82) is 0 Å². The van der Waals surface area contributed by atoms with E-state index in [0.717, 1.165) is 0 Å². The van der Waals surface area contributed by atoms with Crippen molar-refractivity contribution in [2.75, 3.05) is 26.1 Å². The molecule has 0 aromatic rings. The van der Waals surface area contributed by atoms with Crippen LogP contribution in [0, 0.1) is 0 Å². The van der Waals surface area contributed by atoms with Crippen LogP contribution >= 0.6 is 12.6 Å². The minimum absolute atomic E-state index is 0.394. The van der Waals surface area contributed by atoms with Crippen molar-refractivity contribution < 1.29 is 14.2 Å². The Morgan fingerprint density at radius 3 is 1.82 bits per heavy atom. The van der Waals surface area contributed by atoms with E-state index in [1.807, 2.05) is 13.8 Å². The fraction of sp³-hybridized carbons (Fsp3) is 1.00. The van der Waals surface area contributed by atoms with E-state index in [4.69, 9.17) is 14.2 Å². The molecule has 68 valence electrons. The molecule has 0 amide bonds. The Hall–Kier alpha value is 0.230. The third kappa shape index (κ3) is 3.42. The fourth-order valence-electron chi connectivity index (χ4n) is 0.755. The summed E-state index contributed by atoms with van der Waals surface area (Å²) in [5.41, 5.74) is 0. The molecule has 0 radical (unpaired) electrons. The first-order chi connectivity index (χ1) is 5.24. The van der Waals surface area contributed by atoms with Crippen LogP contribution in [0.1, 0.15) is 13.8 Å². The van der Waals surface area contributed by atoms with Crippen molar-refractivity contribution in [2.45, 2.75) is 19.8 Å². The van der Waals surface area contributed by atoms with E-state index in [9.17, 15) is 0 Å². The van der Waals surface area contributed by atoms with Gasteiger partial charge in [0.05, 0.1) is 5.75 Å². The van der Waals surface area contributed by atoms with Crippen molar-refractivity contribution in [2.24, 2.45) is 0 Å². The SMILES string of the molecule is CCOC(CS)(OC)OCC. The molecule has 0 bridgehead atoms. The molecule has 0 aliphatic rings. The van der Waals surface area contributed by atoms with Gasteiger partial charge in [-0.25, -0.2) is 0 Å². The molecule has 0 aromatic carbocycles. The predicted molar refractivity (Wildman–Crippen MR) is 46.8 cm³/mol. The van der Waals surface area contributed by atoms with E-state index in [1.165, 1.54) is 0 Å². The Bertz CT molecular complexity index is 85.7. The molecule has 11 heavy (non-hydrogen) atoms. The Morgan fingerprint density at radius 2 is 1.64 bits per heavy atom. The van der Waals surface area contributed by atoms with Gasteiger partial charge in [-0.1, -0.05) is 0 Å². The molecule has 0 aliphatic heterocycles. The molecule has 0 saturated heterocycles. The maximum absolute atomic E-state index is 5.25. The molecule has 0 N–H and O–H groups in total. The largest absolute Gasteiger partial charge is 0.330 e. The minimum atomic E-state index is -0.952. The second kappa shape index (κ2) is 5.83. The fourth-order valence-corrected chi connectivity index (χ4v) is 1.07. The molecule has 0 aliphatic carbocycles. The second-order valence-corrected chi connectivity index (χ2v) is 2.23. The average molecular weight is 180 g/mol. The first-order valence-corrected chi connectivity index (χ1v) is 4.31. The van der Waals surface area contributed by atoms with Gasteiger partial charge in [0.2, 0.25) is 0 Å². The third-order valence-electron chi connectivity index (χ3n) is 1.23. The summed E-state index contributed by atoms with van der Waals surface area (Å²) in [5, 5.41) is 0. The predicted octanol–water partition coefficient (Wildman–Crippen LogP) is 1.29. The number of thiol groups is 1. The summed E-state index contributed by atoms with van der Waals surface area (Å²) in [6, 6.07) is 0. The van der Waals surface area contributed by atoms with Crippen LogP contribution in [-0.4, -0.2) is 32.0 Å².